The maximum atomic E-state index is 12.9. The van der Waals surface area contributed by atoms with Crippen LogP contribution in [0.3, 0.4) is 0 Å². The third kappa shape index (κ3) is 68.8. The Morgan fingerprint density at radius 1 is 0.235 bits per heavy atom. The minimum absolute atomic E-state index is 0.0659. The van der Waals surface area contributed by atoms with Gasteiger partial charge in [-0.3, -0.25) is 14.4 Å². The third-order valence-corrected chi connectivity index (χ3v) is 17.3. The van der Waals surface area contributed by atoms with E-state index < -0.39 is 6.10 Å². The zero-order valence-corrected chi connectivity index (χ0v) is 55.4. The molecule has 0 heterocycles. The summed E-state index contributed by atoms with van der Waals surface area (Å²) >= 11 is 0. The van der Waals surface area contributed by atoms with Crippen molar-refractivity contribution in [3.63, 3.8) is 0 Å². The summed E-state index contributed by atoms with van der Waals surface area (Å²) in [5, 5.41) is 0. The molecule has 0 bridgehead atoms. The van der Waals surface area contributed by atoms with Crippen molar-refractivity contribution in [2.24, 2.45) is 0 Å². The highest BCUT2D eigenvalue weighted by molar-refractivity contribution is 5.71. The smallest absolute Gasteiger partial charge is 0.306 e. The van der Waals surface area contributed by atoms with E-state index >= 15 is 0 Å². The molecule has 0 aromatic rings. The van der Waals surface area contributed by atoms with Crippen molar-refractivity contribution in [2.45, 2.75) is 438 Å². The molecule has 0 aliphatic rings. The highest BCUT2D eigenvalue weighted by atomic mass is 16.6. The van der Waals surface area contributed by atoms with Crippen molar-refractivity contribution in [3.8, 4) is 0 Å². The van der Waals surface area contributed by atoms with Gasteiger partial charge in [0, 0.05) is 19.3 Å². The number of ether oxygens (including phenoxy) is 3. The van der Waals surface area contributed by atoms with E-state index in [2.05, 4.69) is 32.9 Å². The average molecular weight is 1140 g/mol. The van der Waals surface area contributed by atoms with Gasteiger partial charge in [-0.2, -0.15) is 0 Å². The molecule has 0 fully saturated rings. The zero-order chi connectivity index (χ0) is 58.5. The van der Waals surface area contributed by atoms with Gasteiger partial charge < -0.3 is 14.2 Å². The molecule has 480 valence electrons. The van der Waals surface area contributed by atoms with Crippen LogP contribution in [0.2, 0.25) is 0 Å². The average Bonchev–Trinajstić information content (AvgIpc) is 3.46. The van der Waals surface area contributed by atoms with Crippen LogP contribution in [-0.2, 0) is 28.6 Å². The fourth-order valence-corrected chi connectivity index (χ4v) is 11.7. The van der Waals surface area contributed by atoms with Crippen molar-refractivity contribution in [1.82, 2.24) is 0 Å². The van der Waals surface area contributed by atoms with Crippen LogP contribution in [0, 0.1) is 0 Å². The Kier molecular flexibility index (Phi) is 69.0. The number of carbonyl (C=O) groups is 3. The third-order valence-electron chi connectivity index (χ3n) is 17.3. The summed E-state index contributed by atoms with van der Waals surface area (Å²) in [5.41, 5.74) is 0. The van der Waals surface area contributed by atoms with Gasteiger partial charge in [0.15, 0.2) is 6.10 Å². The predicted octanol–water partition coefficient (Wildman–Crippen LogP) is 25.6. The van der Waals surface area contributed by atoms with Crippen LogP contribution in [0.15, 0.2) is 12.2 Å². The second-order valence-electron chi connectivity index (χ2n) is 25.6. The standard InChI is InChI=1S/C75H144O6/c1-4-7-10-13-16-19-22-25-27-28-29-30-31-32-33-34-35-36-37-38-39-40-41-42-43-44-45-46-48-50-53-56-59-62-65-68-74(77)80-71-72(70-79-73(76)67-64-61-58-55-52-49-24-21-18-15-12-9-6-3)81-75(78)69-66-63-60-57-54-51-47-26-23-20-17-14-11-8-5-2/h21,24,72H,4-20,22-23,25-71H2,1-3H3/b24-21-. The minimum atomic E-state index is -0.769. The number of carbonyl (C=O) groups excluding carboxylic acids is 3. The summed E-state index contributed by atoms with van der Waals surface area (Å²) in [6.45, 7) is 6.70. The monoisotopic (exact) mass is 1140 g/mol. The van der Waals surface area contributed by atoms with Gasteiger partial charge in [-0.25, -0.2) is 0 Å². The van der Waals surface area contributed by atoms with Crippen LogP contribution >= 0.6 is 0 Å². The van der Waals surface area contributed by atoms with E-state index in [-0.39, 0.29) is 31.1 Å². The van der Waals surface area contributed by atoms with Gasteiger partial charge in [0.1, 0.15) is 13.2 Å². The molecule has 0 N–H and O–H groups in total. The van der Waals surface area contributed by atoms with Gasteiger partial charge in [-0.05, 0) is 44.9 Å². The van der Waals surface area contributed by atoms with E-state index in [9.17, 15) is 14.4 Å². The van der Waals surface area contributed by atoms with E-state index in [1.165, 1.54) is 327 Å². The maximum absolute atomic E-state index is 12.9. The second kappa shape index (κ2) is 70.6. The van der Waals surface area contributed by atoms with E-state index in [0.717, 1.165) is 64.2 Å². The van der Waals surface area contributed by atoms with E-state index in [1.54, 1.807) is 0 Å². The molecule has 0 aromatic carbocycles. The molecule has 6 heteroatoms. The Bertz CT molecular complexity index is 1260. The largest absolute Gasteiger partial charge is 0.462 e. The first-order chi connectivity index (χ1) is 40.0. The molecule has 0 spiro atoms. The maximum Gasteiger partial charge on any atom is 0.306 e. The van der Waals surface area contributed by atoms with E-state index in [4.69, 9.17) is 14.2 Å². The number of unbranched alkanes of at least 4 members (excludes halogenated alkanes) is 57. The summed E-state index contributed by atoms with van der Waals surface area (Å²) in [6.07, 6.45) is 85.7. The first-order valence-electron chi connectivity index (χ1n) is 37.2. The van der Waals surface area contributed by atoms with Crippen LogP contribution < -0.4 is 0 Å². The van der Waals surface area contributed by atoms with Crippen LogP contribution in [0.1, 0.15) is 432 Å². The number of rotatable bonds is 70. The molecule has 0 rings (SSSR count). The first kappa shape index (κ1) is 79.2. The number of hydrogen-bond donors (Lipinski definition) is 0. The number of esters is 3. The van der Waals surface area contributed by atoms with E-state index in [0.29, 0.717) is 19.3 Å². The highest BCUT2D eigenvalue weighted by Gasteiger charge is 2.20. The van der Waals surface area contributed by atoms with Crippen molar-refractivity contribution in [1.29, 1.82) is 0 Å². The van der Waals surface area contributed by atoms with Crippen molar-refractivity contribution in [3.05, 3.63) is 12.2 Å². The fraction of sp³-hybridized carbons (Fsp3) is 0.933. The molecular weight excluding hydrogens is 997 g/mol. The lowest BCUT2D eigenvalue weighted by Crippen LogP contribution is -2.30. The Labute approximate surface area is 507 Å². The summed E-state index contributed by atoms with van der Waals surface area (Å²) in [5.74, 6) is -0.842. The Hall–Kier alpha value is -1.85. The summed E-state index contributed by atoms with van der Waals surface area (Å²) < 4.78 is 17.0. The van der Waals surface area contributed by atoms with Crippen molar-refractivity contribution in [2.75, 3.05) is 13.2 Å². The van der Waals surface area contributed by atoms with E-state index in [1.807, 2.05) is 0 Å². The fourth-order valence-electron chi connectivity index (χ4n) is 11.7. The highest BCUT2D eigenvalue weighted by Crippen LogP contribution is 2.20. The molecule has 81 heavy (non-hydrogen) atoms. The molecule has 0 saturated carbocycles. The molecule has 0 aliphatic heterocycles. The second-order valence-corrected chi connectivity index (χ2v) is 25.6. The SMILES string of the molecule is CCCCCC/C=C\CCCCCCCC(=O)OCC(COC(=O)CCCCCCCCCCCCCCCCCCCCCCCCCCCCCCCCCCCCC)OC(=O)CCCCCCCCCCCCCCCCC. The molecule has 0 radical (unpaired) electrons. The quantitative estimate of drug-likeness (QED) is 0.0261. The van der Waals surface area contributed by atoms with Gasteiger partial charge in [0.25, 0.3) is 0 Å². The molecule has 0 aliphatic carbocycles. The molecular formula is C75H144O6. The minimum Gasteiger partial charge on any atom is -0.462 e. The van der Waals surface area contributed by atoms with Crippen molar-refractivity contribution >= 4 is 17.9 Å². The van der Waals surface area contributed by atoms with Crippen LogP contribution in [0.5, 0.6) is 0 Å². The Morgan fingerprint density at radius 3 is 0.630 bits per heavy atom. The number of hydrogen-bond acceptors (Lipinski definition) is 6. The Morgan fingerprint density at radius 2 is 0.407 bits per heavy atom. The predicted molar refractivity (Wildman–Crippen MR) is 353 cm³/mol. The number of allylic oxidation sites excluding steroid dienone is 2. The molecule has 1 unspecified atom stereocenters. The normalized spacial score (nSPS) is 12.0. The van der Waals surface area contributed by atoms with Gasteiger partial charge in [0.2, 0.25) is 0 Å². The molecule has 6 nitrogen and oxygen atoms in total. The molecule has 0 amide bonds. The van der Waals surface area contributed by atoms with Crippen LogP contribution in [0.25, 0.3) is 0 Å². The lowest BCUT2D eigenvalue weighted by molar-refractivity contribution is -0.167. The molecule has 0 aromatic heterocycles. The van der Waals surface area contributed by atoms with Gasteiger partial charge >= 0.3 is 17.9 Å². The van der Waals surface area contributed by atoms with Crippen molar-refractivity contribution < 1.29 is 28.6 Å². The zero-order valence-electron chi connectivity index (χ0n) is 55.4. The van der Waals surface area contributed by atoms with Crippen LogP contribution in [-0.4, -0.2) is 37.2 Å². The Balaban J connectivity index is 4.01. The summed E-state index contributed by atoms with van der Waals surface area (Å²) in [7, 11) is 0. The molecule has 0 saturated heterocycles. The summed E-state index contributed by atoms with van der Waals surface area (Å²) in [6, 6.07) is 0. The lowest BCUT2D eigenvalue weighted by Gasteiger charge is -2.18. The lowest BCUT2D eigenvalue weighted by atomic mass is 10.0. The first-order valence-corrected chi connectivity index (χ1v) is 37.2. The van der Waals surface area contributed by atoms with Gasteiger partial charge in [-0.1, -0.05) is 380 Å². The summed E-state index contributed by atoms with van der Waals surface area (Å²) in [4.78, 5) is 38.3. The van der Waals surface area contributed by atoms with Gasteiger partial charge in [0.05, 0.1) is 0 Å². The van der Waals surface area contributed by atoms with Gasteiger partial charge in [-0.15, -0.1) is 0 Å². The topological polar surface area (TPSA) is 78.9 Å². The molecule has 1 atom stereocenters. The van der Waals surface area contributed by atoms with Crippen LogP contribution in [0.4, 0.5) is 0 Å².